The van der Waals surface area contributed by atoms with Gasteiger partial charge in [0.25, 0.3) is 5.91 Å². The molecule has 0 aliphatic carbocycles. The van der Waals surface area contributed by atoms with Crippen LogP contribution in [0.25, 0.3) is 5.95 Å². The maximum atomic E-state index is 12.1. The van der Waals surface area contributed by atoms with E-state index in [1.165, 1.54) is 4.68 Å². The fourth-order valence-corrected chi connectivity index (χ4v) is 2.20. The van der Waals surface area contributed by atoms with Crippen molar-refractivity contribution < 1.29 is 9.53 Å². The Kier molecular flexibility index (Phi) is 5.42. The van der Waals surface area contributed by atoms with Crippen LogP contribution in [0.3, 0.4) is 0 Å². The number of aromatic nitrogens is 4. The Morgan fingerprint density at radius 3 is 2.86 bits per heavy atom. The number of nitrogens with zero attached hydrogens (tertiary/aromatic N) is 4. The van der Waals surface area contributed by atoms with Crippen molar-refractivity contribution in [3.63, 3.8) is 0 Å². The Labute approximate surface area is 133 Å². The average molecular weight is 325 g/mol. The number of carbonyl (C=O) groups is 1. The molecule has 1 aliphatic heterocycles. The predicted molar refractivity (Wildman–Crippen MR) is 82.0 cm³/mol. The zero-order valence-electron chi connectivity index (χ0n) is 11.8. The van der Waals surface area contributed by atoms with Crippen molar-refractivity contribution in [1.82, 2.24) is 19.7 Å². The van der Waals surface area contributed by atoms with Crippen molar-refractivity contribution in [2.75, 3.05) is 11.9 Å². The fourth-order valence-electron chi connectivity index (χ4n) is 2.20. The molecule has 0 saturated carbocycles. The number of anilines is 1. The summed E-state index contributed by atoms with van der Waals surface area (Å²) >= 11 is 0. The molecule has 2 aromatic rings. The molecule has 2 atom stereocenters. The minimum Gasteiger partial charge on any atom is -0.364 e. The summed E-state index contributed by atoms with van der Waals surface area (Å²) in [5.74, 6) is 0.262. The van der Waals surface area contributed by atoms with Gasteiger partial charge < -0.3 is 15.8 Å². The largest absolute Gasteiger partial charge is 0.364 e. The van der Waals surface area contributed by atoms with Crippen LogP contribution in [0.15, 0.2) is 30.9 Å². The Bertz CT molecular complexity index is 620. The second kappa shape index (κ2) is 7.30. The Hall–Kier alpha value is -2.03. The van der Waals surface area contributed by atoms with E-state index < -0.39 is 6.10 Å². The molecule has 0 radical (unpaired) electrons. The van der Waals surface area contributed by atoms with Crippen LogP contribution in [0.1, 0.15) is 12.8 Å². The highest BCUT2D eigenvalue weighted by Gasteiger charge is 2.30. The van der Waals surface area contributed by atoms with Crippen molar-refractivity contribution >= 4 is 24.0 Å². The molecule has 3 heterocycles. The van der Waals surface area contributed by atoms with Gasteiger partial charge >= 0.3 is 0 Å². The molecule has 0 unspecified atom stereocenters. The molecule has 0 aromatic carbocycles. The van der Waals surface area contributed by atoms with Crippen LogP contribution in [0.4, 0.5) is 5.69 Å². The molecule has 9 heteroatoms. The Morgan fingerprint density at radius 2 is 2.18 bits per heavy atom. The molecule has 1 amide bonds. The number of rotatable bonds is 4. The number of ether oxygens (including phenoxy) is 1. The third-order valence-corrected chi connectivity index (χ3v) is 3.27. The molecule has 1 aliphatic rings. The third kappa shape index (κ3) is 3.59. The summed E-state index contributed by atoms with van der Waals surface area (Å²) in [6.45, 7) is 0.438. The minimum atomic E-state index is -0.449. The van der Waals surface area contributed by atoms with Crippen LogP contribution < -0.4 is 11.1 Å². The highest BCUT2D eigenvalue weighted by atomic mass is 35.5. The molecule has 3 rings (SSSR count). The standard InChI is InChI=1S/C13H16N6O2.ClH/c14-6-10-2-3-11(21-10)12(20)18-9-7-17-19(8-9)13-15-4-1-5-16-13;/h1,4-5,7-8,10-11H,2-3,6,14H2,(H,18,20);1H/t10-,11+;/m1./s1. The first kappa shape index (κ1) is 16.3. The van der Waals surface area contributed by atoms with E-state index in [1.54, 1.807) is 30.9 Å². The lowest BCUT2D eigenvalue weighted by atomic mass is 10.2. The highest BCUT2D eigenvalue weighted by Crippen LogP contribution is 2.20. The summed E-state index contributed by atoms with van der Waals surface area (Å²) in [4.78, 5) is 20.2. The van der Waals surface area contributed by atoms with E-state index in [0.29, 0.717) is 24.6 Å². The van der Waals surface area contributed by atoms with Crippen molar-refractivity contribution in [2.45, 2.75) is 25.0 Å². The molecule has 22 heavy (non-hydrogen) atoms. The van der Waals surface area contributed by atoms with Gasteiger partial charge in [0.05, 0.1) is 24.2 Å². The quantitative estimate of drug-likeness (QED) is 0.849. The van der Waals surface area contributed by atoms with Crippen LogP contribution in [-0.2, 0) is 9.53 Å². The second-order valence-electron chi connectivity index (χ2n) is 4.77. The predicted octanol–water partition coefficient (Wildman–Crippen LogP) is 0.529. The van der Waals surface area contributed by atoms with Crippen LogP contribution in [0.5, 0.6) is 0 Å². The Morgan fingerprint density at radius 1 is 1.41 bits per heavy atom. The number of halogens is 1. The molecule has 2 aromatic heterocycles. The number of nitrogens with one attached hydrogen (secondary N) is 1. The molecule has 0 spiro atoms. The van der Waals surface area contributed by atoms with Gasteiger partial charge in [0, 0.05) is 18.9 Å². The van der Waals surface area contributed by atoms with E-state index >= 15 is 0 Å². The van der Waals surface area contributed by atoms with Gasteiger partial charge in [-0.05, 0) is 18.9 Å². The summed E-state index contributed by atoms with van der Waals surface area (Å²) in [5.41, 5.74) is 6.11. The van der Waals surface area contributed by atoms with Crippen molar-refractivity contribution in [1.29, 1.82) is 0 Å². The van der Waals surface area contributed by atoms with Gasteiger partial charge in [-0.3, -0.25) is 4.79 Å². The molecule has 0 bridgehead atoms. The molecular weight excluding hydrogens is 308 g/mol. The third-order valence-electron chi connectivity index (χ3n) is 3.27. The first-order valence-electron chi connectivity index (χ1n) is 6.74. The van der Waals surface area contributed by atoms with Gasteiger partial charge in [-0.15, -0.1) is 12.4 Å². The molecule has 1 fully saturated rings. The van der Waals surface area contributed by atoms with Crippen molar-refractivity contribution in [3.8, 4) is 5.95 Å². The first-order chi connectivity index (χ1) is 10.3. The van der Waals surface area contributed by atoms with Gasteiger partial charge in [0.1, 0.15) is 6.10 Å². The maximum absolute atomic E-state index is 12.1. The smallest absolute Gasteiger partial charge is 0.253 e. The number of amides is 1. The molecule has 3 N–H and O–H groups in total. The summed E-state index contributed by atoms with van der Waals surface area (Å²) in [5, 5.41) is 6.89. The van der Waals surface area contributed by atoms with Gasteiger partial charge in [0.2, 0.25) is 5.95 Å². The van der Waals surface area contributed by atoms with E-state index in [0.717, 1.165) is 6.42 Å². The minimum absolute atomic E-state index is 0. The topological polar surface area (TPSA) is 108 Å². The molecular formula is C13H17ClN6O2. The Balaban J connectivity index is 0.00000176. The van der Waals surface area contributed by atoms with Crippen LogP contribution in [0, 0.1) is 0 Å². The SMILES string of the molecule is Cl.NC[C@H]1CC[C@@H](C(=O)Nc2cnn(-c3ncccn3)c2)O1. The number of hydrogen-bond donors (Lipinski definition) is 2. The highest BCUT2D eigenvalue weighted by molar-refractivity contribution is 5.94. The number of carbonyl (C=O) groups excluding carboxylic acids is 1. The lowest BCUT2D eigenvalue weighted by Crippen LogP contribution is -2.29. The normalized spacial score (nSPS) is 20.4. The zero-order valence-corrected chi connectivity index (χ0v) is 12.6. The van der Waals surface area contributed by atoms with Crippen LogP contribution in [-0.4, -0.2) is 44.4 Å². The second-order valence-corrected chi connectivity index (χ2v) is 4.77. The van der Waals surface area contributed by atoms with Gasteiger partial charge in [-0.1, -0.05) is 0 Å². The fraction of sp³-hybridized carbons (Fsp3) is 0.385. The maximum Gasteiger partial charge on any atom is 0.253 e. The van der Waals surface area contributed by atoms with Crippen molar-refractivity contribution in [3.05, 3.63) is 30.9 Å². The van der Waals surface area contributed by atoms with Crippen LogP contribution in [0.2, 0.25) is 0 Å². The van der Waals surface area contributed by atoms with Gasteiger partial charge in [-0.25, -0.2) is 14.6 Å². The van der Waals surface area contributed by atoms with E-state index in [-0.39, 0.29) is 24.4 Å². The molecule has 8 nitrogen and oxygen atoms in total. The van der Waals surface area contributed by atoms with Gasteiger partial charge in [-0.2, -0.15) is 5.10 Å². The van der Waals surface area contributed by atoms with E-state index in [1.807, 2.05) is 0 Å². The molecule has 1 saturated heterocycles. The van der Waals surface area contributed by atoms with Crippen LogP contribution >= 0.6 is 12.4 Å². The summed E-state index contributed by atoms with van der Waals surface area (Å²) in [6.07, 6.45) is 7.47. The van der Waals surface area contributed by atoms with Crippen molar-refractivity contribution in [2.24, 2.45) is 5.73 Å². The zero-order chi connectivity index (χ0) is 14.7. The summed E-state index contributed by atoms with van der Waals surface area (Å²) < 4.78 is 7.04. The van der Waals surface area contributed by atoms with E-state index in [2.05, 4.69) is 20.4 Å². The monoisotopic (exact) mass is 324 g/mol. The molecule has 118 valence electrons. The average Bonchev–Trinajstić information content (AvgIpc) is 3.17. The number of nitrogens with two attached hydrogens (primary N) is 1. The summed E-state index contributed by atoms with van der Waals surface area (Å²) in [7, 11) is 0. The first-order valence-corrected chi connectivity index (χ1v) is 6.74. The lowest BCUT2D eigenvalue weighted by Gasteiger charge is -2.11. The van der Waals surface area contributed by atoms with E-state index in [4.69, 9.17) is 10.5 Å². The summed E-state index contributed by atoms with van der Waals surface area (Å²) in [6, 6.07) is 1.72. The van der Waals surface area contributed by atoms with E-state index in [9.17, 15) is 4.79 Å². The number of hydrogen-bond acceptors (Lipinski definition) is 6. The van der Waals surface area contributed by atoms with Gasteiger partial charge in [0.15, 0.2) is 0 Å². The lowest BCUT2D eigenvalue weighted by molar-refractivity contribution is -0.126.